The van der Waals surface area contributed by atoms with Gasteiger partial charge in [-0.25, -0.2) is 0 Å². The molecule has 1 aromatic carbocycles. The van der Waals surface area contributed by atoms with Gasteiger partial charge < -0.3 is 24.0 Å². The first-order valence-electron chi connectivity index (χ1n) is 10.00. The van der Waals surface area contributed by atoms with E-state index in [2.05, 4.69) is 4.90 Å². The zero-order valence-corrected chi connectivity index (χ0v) is 16.7. The molecule has 0 radical (unpaired) electrons. The van der Waals surface area contributed by atoms with E-state index in [9.17, 15) is 14.4 Å². The van der Waals surface area contributed by atoms with Gasteiger partial charge in [0.2, 0.25) is 5.91 Å². The summed E-state index contributed by atoms with van der Waals surface area (Å²) in [6.45, 7) is 4.99. The summed E-state index contributed by atoms with van der Waals surface area (Å²) in [5, 5.41) is 0.703. The van der Waals surface area contributed by atoms with Crippen molar-refractivity contribution in [3.05, 3.63) is 36.0 Å². The first-order chi connectivity index (χ1) is 14.0. The van der Waals surface area contributed by atoms with Crippen LogP contribution in [0, 0.1) is 0 Å². The normalized spacial score (nSPS) is 18.2. The molecule has 2 amide bonds. The molecule has 0 saturated carbocycles. The monoisotopic (exact) mass is 398 g/mol. The third kappa shape index (κ3) is 4.04. The zero-order valence-electron chi connectivity index (χ0n) is 16.7. The van der Waals surface area contributed by atoms with Crippen LogP contribution in [0.4, 0.5) is 0 Å². The highest BCUT2D eigenvalue weighted by Crippen LogP contribution is 2.23. The van der Waals surface area contributed by atoms with Crippen LogP contribution in [-0.4, -0.2) is 96.4 Å². The van der Waals surface area contributed by atoms with Crippen LogP contribution in [0.1, 0.15) is 10.4 Å². The van der Waals surface area contributed by atoms with Gasteiger partial charge in [0.25, 0.3) is 11.7 Å². The molecule has 0 aliphatic carbocycles. The second kappa shape index (κ2) is 8.34. The van der Waals surface area contributed by atoms with Gasteiger partial charge in [0.05, 0.1) is 18.8 Å². The van der Waals surface area contributed by atoms with Crippen molar-refractivity contribution in [3.63, 3.8) is 0 Å². The molecule has 0 spiro atoms. The van der Waals surface area contributed by atoms with Crippen LogP contribution < -0.4 is 0 Å². The number of para-hydroxylation sites is 1. The Hall–Kier alpha value is -2.71. The molecule has 8 heteroatoms. The molecule has 0 N–H and O–H groups in total. The Bertz CT molecular complexity index is 924. The van der Waals surface area contributed by atoms with Crippen LogP contribution in [0.15, 0.2) is 30.5 Å². The Balaban J connectivity index is 1.57. The number of fused-ring (bicyclic) bond motifs is 1. The van der Waals surface area contributed by atoms with Crippen LogP contribution in [0.3, 0.4) is 0 Å². The number of ether oxygens (including phenoxy) is 1. The Morgan fingerprint density at radius 2 is 1.62 bits per heavy atom. The standard InChI is InChI=1S/C21H26N4O4/c1-22-6-8-24(9-7-22)21(28)20(27)17-14-25(18-5-3-2-4-16(17)18)15-19(26)23-10-12-29-13-11-23/h2-5,14H,6-13,15H2,1H3. The minimum atomic E-state index is -0.511. The molecule has 29 heavy (non-hydrogen) atoms. The summed E-state index contributed by atoms with van der Waals surface area (Å²) in [5.74, 6) is -0.998. The number of Topliss-reactive ketones (excluding diaryl/α,β-unsaturated/α-hetero) is 1. The molecule has 3 heterocycles. The van der Waals surface area contributed by atoms with E-state index in [4.69, 9.17) is 4.74 Å². The maximum absolute atomic E-state index is 13.0. The lowest BCUT2D eigenvalue weighted by atomic mass is 10.1. The van der Waals surface area contributed by atoms with Gasteiger partial charge >= 0.3 is 0 Å². The van der Waals surface area contributed by atoms with Crippen molar-refractivity contribution in [2.75, 3.05) is 59.5 Å². The lowest BCUT2D eigenvalue weighted by molar-refractivity contribution is -0.135. The number of benzene rings is 1. The van der Waals surface area contributed by atoms with E-state index < -0.39 is 11.7 Å². The number of carbonyl (C=O) groups is 3. The number of ketones is 1. The van der Waals surface area contributed by atoms with E-state index in [0.717, 1.165) is 18.6 Å². The van der Waals surface area contributed by atoms with Crippen molar-refractivity contribution in [2.45, 2.75) is 6.54 Å². The van der Waals surface area contributed by atoms with Gasteiger partial charge in [0.15, 0.2) is 0 Å². The number of amides is 2. The fourth-order valence-electron chi connectivity index (χ4n) is 3.89. The van der Waals surface area contributed by atoms with Gasteiger partial charge in [0.1, 0.15) is 6.54 Å². The highest BCUT2D eigenvalue weighted by molar-refractivity contribution is 6.44. The second-order valence-electron chi connectivity index (χ2n) is 7.61. The fraction of sp³-hybridized carbons (Fsp3) is 0.476. The van der Waals surface area contributed by atoms with Crippen molar-refractivity contribution in [1.82, 2.24) is 19.3 Å². The Labute approximate surface area is 169 Å². The molecule has 2 aliphatic heterocycles. The Morgan fingerprint density at radius 3 is 2.34 bits per heavy atom. The number of hydrogen-bond acceptors (Lipinski definition) is 5. The molecule has 0 bridgehead atoms. The molecule has 2 aliphatic rings. The Kier molecular flexibility index (Phi) is 5.64. The molecule has 2 aromatic rings. The van der Waals surface area contributed by atoms with Crippen LogP contribution in [-0.2, 0) is 20.9 Å². The number of piperazine rings is 1. The predicted octanol–water partition coefficient (Wildman–Crippen LogP) is 0.457. The average Bonchev–Trinajstić information content (AvgIpc) is 3.12. The molecule has 1 aromatic heterocycles. The second-order valence-corrected chi connectivity index (χ2v) is 7.61. The Morgan fingerprint density at radius 1 is 0.931 bits per heavy atom. The maximum atomic E-state index is 13.0. The fourth-order valence-corrected chi connectivity index (χ4v) is 3.89. The first-order valence-corrected chi connectivity index (χ1v) is 10.00. The molecule has 4 rings (SSSR count). The van der Waals surface area contributed by atoms with Gasteiger partial charge in [-0.15, -0.1) is 0 Å². The van der Waals surface area contributed by atoms with Gasteiger partial charge in [0, 0.05) is 56.4 Å². The molecule has 2 fully saturated rings. The third-order valence-electron chi connectivity index (χ3n) is 5.69. The highest BCUT2D eigenvalue weighted by atomic mass is 16.5. The number of nitrogens with zero attached hydrogens (tertiary/aromatic N) is 4. The maximum Gasteiger partial charge on any atom is 0.295 e. The molecular formula is C21H26N4O4. The highest BCUT2D eigenvalue weighted by Gasteiger charge is 2.28. The summed E-state index contributed by atoms with van der Waals surface area (Å²) in [4.78, 5) is 44.0. The summed E-state index contributed by atoms with van der Waals surface area (Å²) < 4.78 is 7.08. The van der Waals surface area contributed by atoms with E-state index in [1.165, 1.54) is 0 Å². The molecule has 0 atom stereocenters. The van der Waals surface area contributed by atoms with E-state index in [0.29, 0.717) is 50.3 Å². The molecular weight excluding hydrogens is 372 g/mol. The van der Waals surface area contributed by atoms with Gasteiger partial charge in [-0.3, -0.25) is 14.4 Å². The van der Waals surface area contributed by atoms with Crippen molar-refractivity contribution in [2.24, 2.45) is 0 Å². The van der Waals surface area contributed by atoms with Crippen molar-refractivity contribution in [3.8, 4) is 0 Å². The van der Waals surface area contributed by atoms with E-state index in [-0.39, 0.29) is 12.5 Å². The van der Waals surface area contributed by atoms with Gasteiger partial charge in [-0.2, -0.15) is 0 Å². The third-order valence-corrected chi connectivity index (χ3v) is 5.69. The topological polar surface area (TPSA) is 75.1 Å². The van der Waals surface area contributed by atoms with Gasteiger partial charge in [-0.05, 0) is 13.1 Å². The van der Waals surface area contributed by atoms with Crippen LogP contribution >= 0.6 is 0 Å². The van der Waals surface area contributed by atoms with Crippen molar-refractivity contribution < 1.29 is 19.1 Å². The number of carbonyl (C=O) groups excluding carboxylic acids is 3. The number of morpholine rings is 1. The quantitative estimate of drug-likeness (QED) is 0.553. The molecule has 154 valence electrons. The summed E-state index contributed by atoms with van der Waals surface area (Å²) in [5.41, 5.74) is 1.14. The molecule has 8 nitrogen and oxygen atoms in total. The number of rotatable bonds is 4. The predicted molar refractivity (Wildman–Crippen MR) is 108 cm³/mol. The number of likely N-dealkylation sites (N-methyl/N-ethyl adjacent to an activating group) is 1. The van der Waals surface area contributed by atoms with E-state index in [1.54, 1.807) is 20.6 Å². The van der Waals surface area contributed by atoms with Crippen LogP contribution in [0.25, 0.3) is 10.9 Å². The zero-order chi connectivity index (χ0) is 20.4. The average molecular weight is 398 g/mol. The smallest absolute Gasteiger partial charge is 0.295 e. The van der Waals surface area contributed by atoms with E-state index in [1.807, 2.05) is 31.3 Å². The lowest BCUT2D eigenvalue weighted by Crippen LogP contribution is -2.49. The van der Waals surface area contributed by atoms with Crippen molar-refractivity contribution in [1.29, 1.82) is 0 Å². The van der Waals surface area contributed by atoms with E-state index >= 15 is 0 Å². The summed E-state index contributed by atoms with van der Waals surface area (Å²) >= 11 is 0. The first kappa shape index (κ1) is 19.6. The van der Waals surface area contributed by atoms with Crippen LogP contribution in [0.5, 0.6) is 0 Å². The molecule has 0 unspecified atom stereocenters. The minimum absolute atomic E-state index is 0.0153. The minimum Gasteiger partial charge on any atom is -0.378 e. The molecule has 2 saturated heterocycles. The number of hydrogen-bond donors (Lipinski definition) is 0. The lowest BCUT2D eigenvalue weighted by Gasteiger charge is -2.31. The van der Waals surface area contributed by atoms with Crippen LogP contribution in [0.2, 0.25) is 0 Å². The van der Waals surface area contributed by atoms with Crippen molar-refractivity contribution >= 4 is 28.5 Å². The summed E-state index contributed by atoms with van der Waals surface area (Å²) in [7, 11) is 2.00. The SMILES string of the molecule is CN1CCN(C(=O)C(=O)c2cn(CC(=O)N3CCOCC3)c3ccccc23)CC1. The van der Waals surface area contributed by atoms with Gasteiger partial charge in [-0.1, -0.05) is 18.2 Å². The summed E-state index contributed by atoms with van der Waals surface area (Å²) in [6, 6.07) is 7.41. The summed E-state index contributed by atoms with van der Waals surface area (Å²) in [6.07, 6.45) is 1.65. The number of aromatic nitrogens is 1. The largest absolute Gasteiger partial charge is 0.378 e.